The minimum atomic E-state index is -4.38. The first-order valence-corrected chi connectivity index (χ1v) is 6.38. The molecule has 0 atom stereocenters. The summed E-state index contributed by atoms with van der Waals surface area (Å²) in [6.07, 6.45) is -2.85. The SMILES string of the molecule is Cc1cc(C(F)(F)F)nn1C1CCN(CCO)CC1. The van der Waals surface area contributed by atoms with Crippen molar-refractivity contribution in [1.29, 1.82) is 0 Å². The molecule has 1 fully saturated rings. The molecular formula is C12H18F3N3O. The number of aliphatic hydroxyl groups is 1. The first-order valence-electron chi connectivity index (χ1n) is 6.38. The van der Waals surface area contributed by atoms with Crippen molar-refractivity contribution in [2.45, 2.75) is 32.0 Å². The molecule has 0 aromatic carbocycles. The maximum absolute atomic E-state index is 12.6. The molecule has 2 heterocycles. The highest BCUT2D eigenvalue weighted by Gasteiger charge is 2.35. The Morgan fingerprint density at radius 3 is 2.47 bits per heavy atom. The summed E-state index contributed by atoms with van der Waals surface area (Å²) in [6.45, 7) is 3.96. The maximum Gasteiger partial charge on any atom is 0.435 e. The smallest absolute Gasteiger partial charge is 0.395 e. The Morgan fingerprint density at radius 2 is 2.00 bits per heavy atom. The van der Waals surface area contributed by atoms with Gasteiger partial charge in [0.1, 0.15) is 0 Å². The number of aryl methyl sites for hydroxylation is 1. The van der Waals surface area contributed by atoms with E-state index in [-0.39, 0.29) is 12.6 Å². The van der Waals surface area contributed by atoms with Crippen molar-refractivity contribution in [3.05, 3.63) is 17.5 Å². The molecule has 1 aromatic rings. The van der Waals surface area contributed by atoms with Gasteiger partial charge in [0, 0.05) is 25.3 Å². The lowest BCUT2D eigenvalue weighted by atomic mass is 10.1. The van der Waals surface area contributed by atoms with E-state index in [0.29, 0.717) is 12.2 Å². The Labute approximate surface area is 109 Å². The molecule has 0 saturated carbocycles. The Kier molecular flexibility index (Phi) is 4.15. The molecule has 2 rings (SSSR count). The van der Waals surface area contributed by atoms with Crippen LogP contribution in [0.5, 0.6) is 0 Å². The Balaban J connectivity index is 2.05. The molecule has 0 radical (unpaired) electrons. The zero-order valence-corrected chi connectivity index (χ0v) is 10.8. The molecular weight excluding hydrogens is 259 g/mol. The summed E-state index contributed by atoms with van der Waals surface area (Å²) in [7, 11) is 0. The molecule has 1 saturated heterocycles. The number of nitrogens with zero attached hydrogens (tertiary/aromatic N) is 3. The summed E-state index contributed by atoms with van der Waals surface area (Å²) < 4.78 is 39.3. The second-order valence-corrected chi connectivity index (χ2v) is 4.91. The number of hydrogen-bond donors (Lipinski definition) is 1. The third kappa shape index (κ3) is 3.27. The van der Waals surface area contributed by atoms with E-state index >= 15 is 0 Å². The molecule has 1 aromatic heterocycles. The highest BCUT2D eigenvalue weighted by atomic mass is 19.4. The number of aliphatic hydroxyl groups excluding tert-OH is 1. The average molecular weight is 277 g/mol. The van der Waals surface area contributed by atoms with Crippen LogP contribution in [0.1, 0.15) is 30.3 Å². The molecule has 1 aliphatic rings. The normalized spacial score (nSPS) is 19.0. The zero-order valence-electron chi connectivity index (χ0n) is 10.8. The average Bonchev–Trinajstić information content (AvgIpc) is 2.73. The van der Waals surface area contributed by atoms with Crippen LogP contribution in [0.25, 0.3) is 0 Å². The molecule has 1 N–H and O–H groups in total. The van der Waals surface area contributed by atoms with Gasteiger partial charge >= 0.3 is 6.18 Å². The molecule has 0 unspecified atom stereocenters. The minimum absolute atomic E-state index is 0.0195. The lowest BCUT2D eigenvalue weighted by molar-refractivity contribution is -0.141. The molecule has 19 heavy (non-hydrogen) atoms. The number of alkyl halides is 3. The summed E-state index contributed by atoms with van der Waals surface area (Å²) in [6, 6.07) is 1.12. The Morgan fingerprint density at radius 1 is 1.37 bits per heavy atom. The van der Waals surface area contributed by atoms with Crippen molar-refractivity contribution in [3.8, 4) is 0 Å². The summed E-state index contributed by atoms with van der Waals surface area (Å²) in [5.41, 5.74) is -0.268. The predicted molar refractivity (Wildman–Crippen MR) is 63.8 cm³/mol. The molecule has 1 aliphatic heterocycles. The zero-order chi connectivity index (χ0) is 14.0. The van der Waals surface area contributed by atoms with E-state index < -0.39 is 11.9 Å². The van der Waals surface area contributed by atoms with Crippen molar-refractivity contribution in [3.63, 3.8) is 0 Å². The lowest BCUT2D eigenvalue weighted by Crippen LogP contribution is -2.36. The highest BCUT2D eigenvalue weighted by molar-refractivity contribution is 5.12. The number of hydrogen-bond acceptors (Lipinski definition) is 3. The predicted octanol–water partition coefficient (Wildman–Crippen LogP) is 1.84. The number of piperidine rings is 1. The molecule has 0 aliphatic carbocycles. The van der Waals surface area contributed by atoms with Gasteiger partial charge < -0.3 is 10.0 Å². The van der Waals surface area contributed by atoms with Crippen LogP contribution in [-0.2, 0) is 6.18 Å². The van der Waals surface area contributed by atoms with Gasteiger partial charge in [-0.1, -0.05) is 0 Å². The van der Waals surface area contributed by atoms with Gasteiger partial charge in [-0.05, 0) is 25.8 Å². The van der Waals surface area contributed by atoms with Crippen LogP contribution < -0.4 is 0 Å². The standard InChI is InChI=1S/C12H18F3N3O/c1-9-8-11(12(13,14)15)16-18(9)10-2-4-17(5-3-10)6-7-19/h8,10,19H,2-7H2,1H3. The van der Waals surface area contributed by atoms with E-state index in [1.54, 1.807) is 6.92 Å². The Bertz CT molecular complexity index is 422. The van der Waals surface area contributed by atoms with E-state index in [1.807, 2.05) is 0 Å². The van der Waals surface area contributed by atoms with Gasteiger partial charge in [0.05, 0.1) is 12.6 Å². The van der Waals surface area contributed by atoms with Gasteiger partial charge in [-0.15, -0.1) is 0 Å². The van der Waals surface area contributed by atoms with Crippen LogP contribution in [0.15, 0.2) is 6.07 Å². The summed E-state index contributed by atoms with van der Waals surface area (Å²) in [5, 5.41) is 12.6. The highest BCUT2D eigenvalue weighted by Crippen LogP contribution is 2.31. The number of likely N-dealkylation sites (tertiary alicyclic amines) is 1. The Hall–Kier alpha value is -1.08. The van der Waals surface area contributed by atoms with Gasteiger partial charge in [0.2, 0.25) is 0 Å². The van der Waals surface area contributed by atoms with Crippen molar-refractivity contribution in [2.75, 3.05) is 26.2 Å². The van der Waals surface area contributed by atoms with Crippen LogP contribution in [-0.4, -0.2) is 46.0 Å². The molecule has 7 heteroatoms. The fourth-order valence-corrected chi connectivity index (χ4v) is 2.52. The topological polar surface area (TPSA) is 41.3 Å². The number of aromatic nitrogens is 2. The summed E-state index contributed by atoms with van der Waals surface area (Å²) in [4.78, 5) is 2.11. The molecule has 0 amide bonds. The van der Waals surface area contributed by atoms with E-state index in [4.69, 9.17) is 5.11 Å². The van der Waals surface area contributed by atoms with Gasteiger partial charge in [-0.25, -0.2) is 0 Å². The molecule has 0 bridgehead atoms. The van der Waals surface area contributed by atoms with E-state index in [2.05, 4.69) is 10.00 Å². The fourth-order valence-electron chi connectivity index (χ4n) is 2.52. The summed E-state index contributed by atoms with van der Waals surface area (Å²) >= 11 is 0. The second-order valence-electron chi connectivity index (χ2n) is 4.91. The third-order valence-electron chi connectivity index (χ3n) is 3.53. The van der Waals surface area contributed by atoms with Crippen molar-refractivity contribution < 1.29 is 18.3 Å². The van der Waals surface area contributed by atoms with Gasteiger partial charge in [-0.2, -0.15) is 18.3 Å². The monoisotopic (exact) mass is 277 g/mol. The first-order chi connectivity index (χ1) is 8.91. The van der Waals surface area contributed by atoms with Crippen LogP contribution in [0.4, 0.5) is 13.2 Å². The van der Waals surface area contributed by atoms with Gasteiger partial charge in [0.15, 0.2) is 5.69 Å². The van der Waals surface area contributed by atoms with Crippen molar-refractivity contribution in [1.82, 2.24) is 14.7 Å². The second kappa shape index (κ2) is 5.50. The fraction of sp³-hybridized carbons (Fsp3) is 0.750. The largest absolute Gasteiger partial charge is 0.435 e. The quantitative estimate of drug-likeness (QED) is 0.916. The number of halogens is 3. The number of β-amino-alcohol motifs (C(OH)–C–C–N with tert-alkyl or cyclic N) is 1. The van der Waals surface area contributed by atoms with Crippen LogP contribution in [0, 0.1) is 6.92 Å². The van der Waals surface area contributed by atoms with Crippen LogP contribution in [0.3, 0.4) is 0 Å². The van der Waals surface area contributed by atoms with E-state index in [0.717, 1.165) is 32.0 Å². The van der Waals surface area contributed by atoms with E-state index in [9.17, 15) is 13.2 Å². The minimum Gasteiger partial charge on any atom is -0.395 e. The van der Waals surface area contributed by atoms with Gasteiger partial charge in [-0.3, -0.25) is 4.68 Å². The molecule has 0 spiro atoms. The number of rotatable bonds is 3. The maximum atomic E-state index is 12.6. The van der Waals surface area contributed by atoms with Gasteiger partial charge in [0.25, 0.3) is 0 Å². The molecule has 4 nitrogen and oxygen atoms in total. The molecule has 108 valence electrons. The van der Waals surface area contributed by atoms with Crippen LogP contribution >= 0.6 is 0 Å². The van der Waals surface area contributed by atoms with E-state index in [1.165, 1.54) is 4.68 Å². The summed E-state index contributed by atoms with van der Waals surface area (Å²) in [5.74, 6) is 0. The van der Waals surface area contributed by atoms with Crippen molar-refractivity contribution in [2.24, 2.45) is 0 Å². The van der Waals surface area contributed by atoms with Crippen molar-refractivity contribution >= 4 is 0 Å². The first kappa shape index (κ1) is 14.3. The third-order valence-corrected chi connectivity index (χ3v) is 3.53. The van der Waals surface area contributed by atoms with Crippen LogP contribution in [0.2, 0.25) is 0 Å². The lowest BCUT2D eigenvalue weighted by Gasteiger charge is -2.32.